The van der Waals surface area contributed by atoms with E-state index in [0.29, 0.717) is 11.7 Å². The van der Waals surface area contributed by atoms with Crippen LogP contribution in [0.1, 0.15) is 34.6 Å². The zero-order chi connectivity index (χ0) is 24.9. The molecule has 1 amide bonds. The third kappa shape index (κ3) is 5.70. The first kappa shape index (κ1) is 23.9. The molecule has 0 radical (unpaired) electrons. The van der Waals surface area contributed by atoms with Crippen LogP contribution in [-0.2, 0) is 6.54 Å². The molecule has 0 spiro atoms. The van der Waals surface area contributed by atoms with Gasteiger partial charge in [-0.05, 0) is 80.4 Å². The van der Waals surface area contributed by atoms with Crippen molar-refractivity contribution >= 4 is 11.6 Å². The Morgan fingerprint density at radius 2 is 1.92 bits per heavy atom. The van der Waals surface area contributed by atoms with Crippen LogP contribution in [0.25, 0.3) is 16.8 Å². The molecule has 2 N–H and O–H groups in total. The number of carbonyl (C=O) groups excluding carboxylic acids is 1. The minimum atomic E-state index is -0.231. The predicted molar refractivity (Wildman–Crippen MR) is 143 cm³/mol. The number of nitrogens with zero attached hydrogens (tertiary/aromatic N) is 4. The van der Waals surface area contributed by atoms with Crippen molar-refractivity contribution in [2.75, 3.05) is 25.5 Å². The van der Waals surface area contributed by atoms with Crippen LogP contribution in [0.15, 0.2) is 79.4 Å². The zero-order valence-corrected chi connectivity index (χ0v) is 20.8. The molecule has 1 saturated heterocycles. The highest BCUT2D eigenvalue weighted by atomic mass is 16.1. The van der Waals surface area contributed by atoms with E-state index in [0.717, 1.165) is 53.4 Å². The summed E-state index contributed by atoms with van der Waals surface area (Å²) in [5.74, 6) is -0.231. The van der Waals surface area contributed by atoms with Crippen molar-refractivity contribution in [3.8, 4) is 16.8 Å². The number of piperidine rings is 1. The number of hydrogen-bond acceptors (Lipinski definition) is 5. The van der Waals surface area contributed by atoms with E-state index in [9.17, 15) is 4.79 Å². The maximum Gasteiger partial charge on any atom is 0.274 e. The lowest BCUT2D eigenvalue weighted by Crippen LogP contribution is -2.43. The summed E-state index contributed by atoms with van der Waals surface area (Å²) >= 11 is 0. The van der Waals surface area contributed by atoms with Crippen LogP contribution in [-0.4, -0.2) is 51.5 Å². The second-order valence-electron chi connectivity index (χ2n) is 9.42. The Hall–Kier alpha value is -3.81. The second-order valence-corrected chi connectivity index (χ2v) is 9.42. The summed E-state index contributed by atoms with van der Waals surface area (Å²) in [6, 6.07) is 20.5. The Morgan fingerprint density at radius 1 is 1.06 bits per heavy atom. The summed E-state index contributed by atoms with van der Waals surface area (Å²) in [5, 5.41) is 6.50. The van der Waals surface area contributed by atoms with Gasteiger partial charge >= 0.3 is 0 Å². The molecule has 1 unspecified atom stereocenters. The van der Waals surface area contributed by atoms with E-state index in [4.69, 9.17) is 0 Å². The Balaban J connectivity index is 1.41. The molecule has 1 aliphatic rings. The number of carbonyl (C=O) groups is 1. The number of hydrogen-bond donors (Lipinski definition) is 2. The van der Waals surface area contributed by atoms with Crippen molar-refractivity contribution < 1.29 is 4.79 Å². The van der Waals surface area contributed by atoms with Gasteiger partial charge in [0.1, 0.15) is 5.69 Å². The van der Waals surface area contributed by atoms with E-state index in [1.165, 1.54) is 12.8 Å². The molecule has 1 atom stereocenters. The van der Waals surface area contributed by atoms with Gasteiger partial charge < -0.3 is 15.2 Å². The van der Waals surface area contributed by atoms with Crippen LogP contribution >= 0.6 is 0 Å². The van der Waals surface area contributed by atoms with Crippen LogP contribution in [0, 0.1) is 6.92 Å². The van der Waals surface area contributed by atoms with Crippen molar-refractivity contribution in [3.05, 3.63) is 96.3 Å². The van der Waals surface area contributed by atoms with E-state index in [1.807, 2.05) is 79.6 Å². The molecule has 0 aliphatic carbocycles. The van der Waals surface area contributed by atoms with Gasteiger partial charge in [0.15, 0.2) is 0 Å². The molecule has 3 heterocycles. The fourth-order valence-corrected chi connectivity index (χ4v) is 4.80. The molecule has 2 aromatic carbocycles. The minimum Gasteiger partial charge on any atom is -0.321 e. The summed E-state index contributed by atoms with van der Waals surface area (Å²) < 4.78 is 2.00. The quantitative estimate of drug-likeness (QED) is 0.402. The molecule has 1 aliphatic heterocycles. The molecule has 2 aromatic heterocycles. The number of aryl methyl sites for hydroxylation is 1. The standard InChI is InChI=1S/C29H32N6O/c1-21-17-35(20-32-21)27-14-22(18-34-12-6-9-25(19-34)30-2)13-26(16-27)33-29(36)28-15-24(10-11-31-28)23-7-4-3-5-8-23/h3-5,7-8,10-11,13-17,20,25,30H,6,9,12,18-19H2,1-2H3,(H,33,36). The van der Waals surface area contributed by atoms with Gasteiger partial charge in [0, 0.05) is 42.9 Å². The number of aromatic nitrogens is 3. The van der Waals surface area contributed by atoms with E-state index < -0.39 is 0 Å². The number of likely N-dealkylation sites (N-methyl/N-ethyl adjacent to an activating group) is 1. The maximum absolute atomic E-state index is 13.2. The molecule has 4 aromatic rings. The summed E-state index contributed by atoms with van der Waals surface area (Å²) in [7, 11) is 2.03. The van der Waals surface area contributed by atoms with Crippen molar-refractivity contribution in [2.45, 2.75) is 32.4 Å². The van der Waals surface area contributed by atoms with E-state index in [-0.39, 0.29) is 5.91 Å². The van der Waals surface area contributed by atoms with Crippen LogP contribution in [0.2, 0.25) is 0 Å². The lowest BCUT2D eigenvalue weighted by molar-refractivity contribution is 0.102. The molecule has 7 heteroatoms. The minimum absolute atomic E-state index is 0.231. The molecule has 36 heavy (non-hydrogen) atoms. The normalized spacial score (nSPS) is 16.1. The lowest BCUT2D eigenvalue weighted by Gasteiger charge is -2.32. The Kier molecular flexibility index (Phi) is 7.21. The van der Waals surface area contributed by atoms with Crippen molar-refractivity contribution in [3.63, 3.8) is 0 Å². The van der Waals surface area contributed by atoms with E-state index in [2.05, 4.69) is 37.6 Å². The average molecular weight is 481 g/mol. The fourth-order valence-electron chi connectivity index (χ4n) is 4.80. The summed E-state index contributed by atoms with van der Waals surface area (Å²) in [6.07, 6.45) is 7.87. The van der Waals surface area contributed by atoms with Crippen molar-refractivity contribution in [1.82, 2.24) is 24.8 Å². The van der Waals surface area contributed by atoms with Gasteiger partial charge in [0.05, 0.1) is 12.0 Å². The van der Waals surface area contributed by atoms with Crippen molar-refractivity contribution in [2.24, 2.45) is 0 Å². The zero-order valence-electron chi connectivity index (χ0n) is 20.8. The summed E-state index contributed by atoms with van der Waals surface area (Å²) in [5.41, 5.74) is 6.20. The Labute approximate surface area is 212 Å². The summed E-state index contributed by atoms with van der Waals surface area (Å²) in [4.78, 5) is 24.4. The molecular formula is C29H32N6O. The highest BCUT2D eigenvalue weighted by Gasteiger charge is 2.19. The molecular weight excluding hydrogens is 448 g/mol. The summed E-state index contributed by atoms with van der Waals surface area (Å²) in [6.45, 7) is 4.89. The first-order valence-corrected chi connectivity index (χ1v) is 12.4. The molecule has 7 nitrogen and oxygen atoms in total. The Morgan fingerprint density at radius 3 is 2.69 bits per heavy atom. The lowest BCUT2D eigenvalue weighted by atomic mass is 10.0. The largest absolute Gasteiger partial charge is 0.321 e. The van der Waals surface area contributed by atoms with Gasteiger partial charge in [-0.15, -0.1) is 0 Å². The number of imidazole rings is 1. The number of benzene rings is 2. The predicted octanol–water partition coefficient (Wildman–Crippen LogP) is 4.68. The monoisotopic (exact) mass is 480 g/mol. The van der Waals surface area contributed by atoms with E-state index in [1.54, 1.807) is 6.20 Å². The Bertz CT molecular complexity index is 1330. The topological polar surface area (TPSA) is 75.1 Å². The smallest absolute Gasteiger partial charge is 0.274 e. The number of nitrogens with one attached hydrogen (secondary N) is 2. The SMILES string of the molecule is CNC1CCCN(Cc2cc(NC(=O)c3cc(-c4ccccc4)ccn3)cc(-n3cnc(C)c3)c2)C1. The first-order chi connectivity index (χ1) is 17.6. The highest BCUT2D eigenvalue weighted by molar-refractivity contribution is 6.03. The highest BCUT2D eigenvalue weighted by Crippen LogP contribution is 2.23. The number of amides is 1. The van der Waals surface area contributed by atoms with Gasteiger partial charge in [0.2, 0.25) is 0 Å². The number of pyridine rings is 1. The molecule has 184 valence electrons. The van der Waals surface area contributed by atoms with Gasteiger partial charge in [-0.2, -0.15) is 0 Å². The fraction of sp³-hybridized carbons (Fsp3) is 0.276. The molecule has 0 bridgehead atoms. The number of anilines is 1. The third-order valence-electron chi connectivity index (χ3n) is 6.66. The van der Waals surface area contributed by atoms with Crippen LogP contribution in [0.3, 0.4) is 0 Å². The molecule has 5 rings (SSSR count). The van der Waals surface area contributed by atoms with Crippen LogP contribution in [0.4, 0.5) is 5.69 Å². The van der Waals surface area contributed by atoms with Crippen molar-refractivity contribution in [1.29, 1.82) is 0 Å². The van der Waals surface area contributed by atoms with Gasteiger partial charge in [-0.1, -0.05) is 30.3 Å². The van der Waals surface area contributed by atoms with Gasteiger partial charge in [0.25, 0.3) is 5.91 Å². The van der Waals surface area contributed by atoms with Crippen LogP contribution in [0.5, 0.6) is 0 Å². The third-order valence-corrected chi connectivity index (χ3v) is 6.66. The molecule has 1 fully saturated rings. The maximum atomic E-state index is 13.2. The van der Waals surface area contributed by atoms with E-state index >= 15 is 0 Å². The number of rotatable bonds is 7. The van der Waals surface area contributed by atoms with Gasteiger partial charge in [-0.3, -0.25) is 14.7 Å². The first-order valence-electron chi connectivity index (χ1n) is 12.4. The molecule has 0 saturated carbocycles. The second kappa shape index (κ2) is 10.8. The van der Waals surface area contributed by atoms with Crippen LogP contribution < -0.4 is 10.6 Å². The average Bonchev–Trinajstić information content (AvgIpc) is 3.35. The van der Waals surface area contributed by atoms with Gasteiger partial charge in [-0.25, -0.2) is 4.98 Å². The number of likely N-dealkylation sites (tertiary alicyclic amines) is 1.